The molecule has 0 atom stereocenters. The lowest BCUT2D eigenvalue weighted by Crippen LogP contribution is -2.11. The molecule has 3 aromatic carbocycles. The highest BCUT2D eigenvalue weighted by molar-refractivity contribution is 7.23. The van der Waals surface area contributed by atoms with Crippen LogP contribution in [0.25, 0.3) is 31.6 Å². The third-order valence-corrected chi connectivity index (χ3v) is 8.18. The number of anilines is 1. The highest BCUT2D eigenvalue weighted by atomic mass is 32.1. The van der Waals surface area contributed by atoms with Crippen molar-refractivity contribution in [2.24, 2.45) is 0 Å². The Kier molecular flexibility index (Phi) is 4.59. The number of carbonyl (C=O) groups is 1. The predicted molar refractivity (Wildman–Crippen MR) is 131 cm³/mol. The van der Waals surface area contributed by atoms with Crippen LogP contribution in [0.1, 0.15) is 33.6 Å². The van der Waals surface area contributed by atoms with Crippen LogP contribution in [-0.4, -0.2) is 10.9 Å². The molecule has 0 saturated carbocycles. The van der Waals surface area contributed by atoms with E-state index in [-0.39, 0.29) is 5.91 Å². The summed E-state index contributed by atoms with van der Waals surface area (Å²) in [4.78, 5) is 19.5. The summed E-state index contributed by atoms with van der Waals surface area (Å²) in [6, 6.07) is 22.3. The molecule has 1 N–H and O–H groups in total. The van der Waals surface area contributed by atoms with Crippen molar-refractivity contribution in [1.29, 1.82) is 0 Å². The molecule has 2 aromatic heterocycles. The summed E-state index contributed by atoms with van der Waals surface area (Å²) in [6.45, 7) is 0. The number of rotatable bonds is 3. The minimum Gasteiger partial charge on any atom is -0.313 e. The summed E-state index contributed by atoms with van der Waals surface area (Å²) in [5.74, 6) is -0.0632. The van der Waals surface area contributed by atoms with E-state index in [0.717, 1.165) is 44.7 Å². The van der Waals surface area contributed by atoms with Crippen LogP contribution in [0.3, 0.4) is 0 Å². The van der Waals surface area contributed by atoms with E-state index in [0.29, 0.717) is 5.56 Å². The van der Waals surface area contributed by atoms with E-state index >= 15 is 0 Å². The van der Waals surface area contributed by atoms with Gasteiger partial charge in [0.25, 0.3) is 5.91 Å². The molecule has 0 aliphatic heterocycles. The van der Waals surface area contributed by atoms with Crippen molar-refractivity contribution >= 4 is 54.6 Å². The number of carbonyl (C=O) groups excluding carboxylic acids is 1. The van der Waals surface area contributed by atoms with Crippen LogP contribution in [0, 0.1) is 0 Å². The first-order valence-electron chi connectivity index (χ1n) is 10.6. The van der Waals surface area contributed by atoms with Gasteiger partial charge in [-0.2, -0.15) is 0 Å². The maximum absolute atomic E-state index is 13.2. The fourth-order valence-corrected chi connectivity index (χ4v) is 6.76. The highest BCUT2D eigenvalue weighted by Gasteiger charge is 2.25. The van der Waals surface area contributed by atoms with Crippen molar-refractivity contribution in [3.63, 3.8) is 0 Å². The third-order valence-electron chi connectivity index (χ3n) is 5.92. The zero-order chi connectivity index (χ0) is 20.8. The highest BCUT2D eigenvalue weighted by Crippen LogP contribution is 2.46. The molecule has 0 fully saturated rings. The van der Waals surface area contributed by atoms with Crippen molar-refractivity contribution in [2.75, 3.05) is 5.32 Å². The Morgan fingerprint density at radius 3 is 2.58 bits per heavy atom. The number of fused-ring (bicyclic) bond motifs is 3. The van der Waals surface area contributed by atoms with E-state index in [2.05, 4.69) is 29.6 Å². The van der Waals surface area contributed by atoms with Gasteiger partial charge in [-0.3, -0.25) is 4.79 Å². The van der Waals surface area contributed by atoms with Crippen LogP contribution < -0.4 is 5.32 Å². The summed E-state index contributed by atoms with van der Waals surface area (Å²) < 4.78 is 1.18. The first-order chi connectivity index (χ1) is 15.3. The van der Waals surface area contributed by atoms with Crippen molar-refractivity contribution in [1.82, 2.24) is 4.98 Å². The number of aryl methyl sites for hydroxylation is 1. The predicted octanol–water partition coefficient (Wildman–Crippen LogP) is 7.31. The van der Waals surface area contributed by atoms with Crippen molar-refractivity contribution in [3.8, 4) is 10.6 Å². The Balaban J connectivity index is 1.42. The average Bonchev–Trinajstić information content (AvgIpc) is 3.39. The van der Waals surface area contributed by atoms with Gasteiger partial charge in [0, 0.05) is 16.0 Å². The molecule has 1 amide bonds. The number of thiophene rings is 1. The van der Waals surface area contributed by atoms with E-state index in [4.69, 9.17) is 4.98 Å². The van der Waals surface area contributed by atoms with E-state index < -0.39 is 0 Å². The summed E-state index contributed by atoms with van der Waals surface area (Å²) in [5, 5.41) is 7.40. The van der Waals surface area contributed by atoms with E-state index in [9.17, 15) is 4.79 Å². The normalized spacial score (nSPS) is 13.4. The molecule has 3 nitrogen and oxygen atoms in total. The lowest BCUT2D eigenvalue weighted by atomic mass is 9.95. The van der Waals surface area contributed by atoms with E-state index in [1.807, 2.05) is 42.5 Å². The average molecular weight is 441 g/mol. The number of hydrogen-bond donors (Lipinski definition) is 1. The van der Waals surface area contributed by atoms with Crippen LogP contribution in [0.15, 0.2) is 66.7 Å². The Hall–Kier alpha value is -3.02. The quantitative estimate of drug-likeness (QED) is 0.320. The molecule has 0 unspecified atom stereocenters. The lowest BCUT2D eigenvalue weighted by Gasteiger charge is -2.12. The molecule has 2 heterocycles. The molecule has 31 heavy (non-hydrogen) atoms. The molecule has 0 bridgehead atoms. The molecule has 6 rings (SSSR count). The zero-order valence-electron chi connectivity index (χ0n) is 16.9. The number of nitrogens with one attached hydrogen (secondary N) is 1. The van der Waals surface area contributed by atoms with Gasteiger partial charge in [0.1, 0.15) is 10.0 Å². The molecule has 0 spiro atoms. The van der Waals surface area contributed by atoms with Gasteiger partial charge in [-0.25, -0.2) is 4.98 Å². The molecule has 1 aliphatic carbocycles. The van der Waals surface area contributed by atoms with Gasteiger partial charge in [0.2, 0.25) is 0 Å². The smallest absolute Gasteiger partial charge is 0.256 e. The lowest BCUT2D eigenvalue weighted by molar-refractivity contribution is 0.102. The van der Waals surface area contributed by atoms with Crippen LogP contribution in [0.4, 0.5) is 5.00 Å². The zero-order valence-corrected chi connectivity index (χ0v) is 18.5. The van der Waals surface area contributed by atoms with Gasteiger partial charge in [0.05, 0.1) is 10.2 Å². The molecule has 5 heteroatoms. The molecular weight excluding hydrogens is 420 g/mol. The fourth-order valence-electron chi connectivity index (χ4n) is 4.37. The second-order valence-electron chi connectivity index (χ2n) is 7.92. The number of benzene rings is 3. The summed E-state index contributed by atoms with van der Waals surface area (Å²) >= 11 is 3.44. The molecule has 0 radical (unpaired) electrons. The number of para-hydroxylation sites is 1. The maximum Gasteiger partial charge on any atom is 0.256 e. The number of amides is 1. The largest absolute Gasteiger partial charge is 0.313 e. The first kappa shape index (κ1) is 18.7. The van der Waals surface area contributed by atoms with Crippen LogP contribution in [-0.2, 0) is 12.8 Å². The number of nitrogens with zero attached hydrogens (tertiary/aromatic N) is 1. The van der Waals surface area contributed by atoms with Crippen LogP contribution >= 0.6 is 22.7 Å². The minimum atomic E-state index is -0.0632. The summed E-state index contributed by atoms with van der Waals surface area (Å²) in [6.07, 6.45) is 4.55. The van der Waals surface area contributed by atoms with Crippen LogP contribution in [0.2, 0.25) is 0 Å². The molecule has 1 aliphatic rings. The number of aromatic nitrogens is 1. The first-order valence-corrected chi connectivity index (χ1v) is 12.2. The topological polar surface area (TPSA) is 42.0 Å². The number of thiazole rings is 1. The second kappa shape index (κ2) is 7.59. The fraction of sp³-hybridized carbons (Fsp3) is 0.154. The molecule has 0 saturated heterocycles. The SMILES string of the molecule is O=C(Nc1sc2c(c1-c1nc3ccccc3s1)CCCC2)c1ccc2ccccc2c1. The number of hydrogen-bond acceptors (Lipinski definition) is 4. The summed E-state index contributed by atoms with van der Waals surface area (Å²) in [5.41, 5.74) is 4.21. The van der Waals surface area contributed by atoms with E-state index in [1.54, 1.807) is 22.7 Å². The molecular formula is C26H20N2OS2. The maximum atomic E-state index is 13.2. The Bertz CT molecular complexity index is 1410. The Morgan fingerprint density at radius 2 is 1.68 bits per heavy atom. The van der Waals surface area contributed by atoms with Crippen molar-refractivity contribution in [3.05, 3.63) is 82.7 Å². The monoisotopic (exact) mass is 440 g/mol. The van der Waals surface area contributed by atoms with Gasteiger partial charge in [-0.15, -0.1) is 22.7 Å². The van der Waals surface area contributed by atoms with Crippen LogP contribution in [0.5, 0.6) is 0 Å². The molecule has 152 valence electrons. The van der Waals surface area contributed by atoms with Gasteiger partial charge < -0.3 is 5.32 Å². The standard InChI is InChI=1S/C26H20N2OS2/c29-24(18-14-13-16-7-1-2-8-17(16)15-18)28-26-23(19-9-3-5-11-21(19)30-26)25-27-20-10-4-6-12-22(20)31-25/h1-2,4,6-8,10,12-15H,3,5,9,11H2,(H,28,29). The Morgan fingerprint density at radius 1 is 0.871 bits per heavy atom. The third kappa shape index (κ3) is 3.34. The van der Waals surface area contributed by atoms with Gasteiger partial charge >= 0.3 is 0 Å². The van der Waals surface area contributed by atoms with Gasteiger partial charge in [-0.1, -0.05) is 42.5 Å². The Labute approximate surface area is 188 Å². The van der Waals surface area contributed by atoms with Gasteiger partial charge in [0.15, 0.2) is 0 Å². The van der Waals surface area contributed by atoms with Crippen molar-refractivity contribution < 1.29 is 4.79 Å². The van der Waals surface area contributed by atoms with E-state index in [1.165, 1.54) is 28.0 Å². The summed E-state index contributed by atoms with van der Waals surface area (Å²) in [7, 11) is 0. The second-order valence-corrected chi connectivity index (χ2v) is 10.1. The molecule has 5 aromatic rings. The minimum absolute atomic E-state index is 0.0632. The van der Waals surface area contributed by atoms with Gasteiger partial charge in [-0.05, 0) is 66.3 Å². The van der Waals surface area contributed by atoms with Crippen molar-refractivity contribution in [2.45, 2.75) is 25.7 Å².